The van der Waals surface area contributed by atoms with Crippen LogP contribution in [0.4, 0.5) is 11.6 Å². The molecule has 0 aliphatic carbocycles. The number of hydrogen-bond donors (Lipinski definition) is 3. The van der Waals surface area contributed by atoms with Crippen molar-refractivity contribution in [1.82, 2.24) is 24.6 Å². The standard InChI is InChI=1S/C29H27N9O4S/c1-16-10-20(12-21(11-16)29(39)42-14-19-4-6-22(7-5-19)43(32,40)41)24-25-17(2)8-9-38(25)37-27(36-24)18(3)35-28-23(13-30)26(31)33-15-34-28/h4-12,15,18H,14H2,1-3H3,(H2,32,40,41)(H3,31,33,34,35)/t18-/m0/s1. The number of carbonyl (C=O) groups excluding carboxylic acids is 1. The Labute approximate surface area is 247 Å². The highest BCUT2D eigenvalue weighted by atomic mass is 32.2. The number of nitrogens with one attached hydrogen (secondary N) is 1. The number of sulfonamides is 1. The van der Waals surface area contributed by atoms with Crippen molar-refractivity contribution in [2.24, 2.45) is 5.14 Å². The Morgan fingerprint density at radius 2 is 1.88 bits per heavy atom. The molecular formula is C29H27N9O4S. The summed E-state index contributed by atoms with van der Waals surface area (Å²) >= 11 is 0. The van der Waals surface area contributed by atoms with Crippen molar-refractivity contribution in [3.05, 3.63) is 94.7 Å². The average molecular weight is 598 g/mol. The molecule has 5 aromatic rings. The topological polar surface area (TPSA) is 204 Å². The van der Waals surface area contributed by atoms with Crippen LogP contribution in [0.1, 0.15) is 51.4 Å². The number of rotatable bonds is 8. The van der Waals surface area contributed by atoms with Crippen LogP contribution in [0.5, 0.6) is 0 Å². The molecule has 5 rings (SSSR count). The molecule has 13 nitrogen and oxygen atoms in total. The van der Waals surface area contributed by atoms with E-state index in [2.05, 4.69) is 20.4 Å². The summed E-state index contributed by atoms with van der Waals surface area (Å²) in [4.78, 5) is 26.0. The molecule has 0 bridgehead atoms. The van der Waals surface area contributed by atoms with E-state index in [0.717, 1.165) is 16.6 Å². The van der Waals surface area contributed by atoms with Gasteiger partial charge in [0.05, 0.1) is 27.7 Å². The summed E-state index contributed by atoms with van der Waals surface area (Å²) < 4.78 is 30.2. The number of esters is 1. The Morgan fingerprint density at radius 1 is 1.14 bits per heavy atom. The van der Waals surface area contributed by atoms with Gasteiger partial charge in [0.1, 0.15) is 36.2 Å². The van der Waals surface area contributed by atoms with E-state index in [1.165, 1.54) is 30.6 Å². The Balaban J connectivity index is 1.46. The molecule has 0 fully saturated rings. The molecule has 0 unspecified atom stereocenters. The van der Waals surface area contributed by atoms with Gasteiger partial charge in [0.15, 0.2) is 5.82 Å². The number of aryl methyl sites for hydroxylation is 2. The quantitative estimate of drug-likeness (QED) is 0.221. The van der Waals surface area contributed by atoms with E-state index in [-0.39, 0.29) is 28.7 Å². The van der Waals surface area contributed by atoms with Crippen LogP contribution in [0.2, 0.25) is 0 Å². The smallest absolute Gasteiger partial charge is 0.338 e. The number of nitriles is 1. The van der Waals surface area contributed by atoms with Gasteiger partial charge < -0.3 is 15.8 Å². The first-order valence-electron chi connectivity index (χ1n) is 13.0. The van der Waals surface area contributed by atoms with Crippen molar-refractivity contribution in [2.45, 2.75) is 38.3 Å². The lowest BCUT2D eigenvalue weighted by Gasteiger charge is -2.17. The lowest BCUT2D eigenvalue weighted by Crippen LogP contribution is -2.16. The number of fused-ring (bicyclic) bond motifs is 1. The van der Waals surface area contributed by atoms with Gasteiger partial charge in [-0.15, -0.1) is 0 Å². The summed E-state index contributed by atoms with van der Waals surface area (Å²) in [6.45, 7) is 5.58. The van der Waals surface area contributed by atoms with Gasteiger partial charge in [0, 0.05) is 11.8 Å². The largest absolute Gasteiger partial charge is 0.457 e. The van der Waals surface area contributed by atoms with Crippen molar-refractivity contribution in [2.75, 3.05) is 11.1 Å². The van der Waals surface area contributed by atoms with Crippen LogP contribution in [-0.2, 0) is 21.4 Å². The fraction of sp³-hybridized carbons (Fsp3) is 0.172. The minimum absolute atomic E-state index is 0.0293. The van der Waals surface area contributed by atoms with Gasteiger partial charge in [0.25, 0.3) is 0 Å². The number of nitrogens with zero attached hydrogens (tertiary/aromatic N) is 6. The highest BCUT2D eigenvalue weighted by Crippen LogP contribution is 2.30. The fourth-order valence-corrected chi connectivity index (χ4v) is 5.03. The maximum absolute atomic E-state index is 13.1. The van der Waals surface area contributed by atoms with Crippen LogP contribution in [0.15, 0.2) is 66.0 Å². The maximum Gasteiger partial charge on any atom is 0.338 e. The van der Waals surface area contributed by atoms with Crippen LogP contribution < -0.4 is 16.2 Å². The average Bonchev–Trinajstić information content (AvgIpc) is 3.35. The van der Waals surface area contributed by atoms with Gasteiger partial charge in [-0.1, -0.05) is 12.1 Å². The van der Waals surface area contributed by atoms with Crippen molar-refractivity contribution >= 4 is 33.1 Å². The zero-order valence-electron chi connectivity index (χ0n) is 23.4. The molecule has 0 spiro atoms. The van der Waals surface area contributed by atoms with E-state index in [1.54, 1.807) is 16.6 Å². The molecule has 0 saturated heterocycles. The van der Waals surface area contributed by atoms with Crippen molar-refractivity contribution in [3.8, 4) is 17.3 Å². The summed E-state index contributed by atoms with van der Waals surface area (Å²) in [5, 5.41) is 22.5. The molecule has 0 aliphatic heterocycles. The van der Waals surface area contributed by atoms with Crippen LogP contribution >= 0.6 is 0 Å². The molecule has 3 heterocycles. The third kappa shape index (κ3) is 6.13. The number of hydrogen-bond acceptors (Lipinski definition) is 11. The third-order valence-electron chi connectivity index (χ3n) is 6.67. The molecule has 0 amide bonds. The number of ether oxygens (including phenoxy) is 1. The molecular weight excluding hydrogens is 570 g/mol. The Kier molecular flexibility index (Phi) is 7.77. The predicted molar refractivity (Wildman–Crippen MR) is 158 cm³/mol. The molecule has 5 N–H and O–H groups in total. The number of anilines is 2. The third-order valence-corrected chi connectivity index (χ3v) is 7.60. The number of nitrogens with two attached hydrogens (primary N) is 2. The van der Waals surface area contributed by atoms with Crippen LogP contribution in [0.25, 0.3) is 16.8 Å². The van der Waals surface area contributed by atoms with Gasteiger partial charge in [0.2, 0.25) is 10.0 Å². The van der Waals surface area contributed by atoms with E-state index in [4.69, 9.17) is 20.6 Å². The van der Waals surface area contributed by atoms with Gasteiger partial charge in [-0.3, -0.25) is 0 Å². The number of carbonyl (C=O) groups is 1. The van der Waals surface area contributed by atoms with E-state index in [1.807, 2.05) is 45.2 Å². The lowest BCUT2D eigenvalue weighted by molar-refractivity contribution is 0.0472. The van der Waals surface area contributed by atoms with E-state index < -0.39 is 22.0 Å². The first-order chi connectivity index (χ1) is 20.4. The van der Waals surface area contributed by atoms with E-state index in [9.17, 15) is 18.5 Å². The van der Waals surface area contributed by atoms with Crippen molar-refractivity contribution in [1.29, 1.82) is 5.26 Å². The first-order valence-corrected chi connectivity index (χ1v) is 14.5. The zero-order valence-corrected chi connectivity index (χ0v) is 24.3. The minimum atomic E-state index is -3.82. The lowest BCUT2D eigenvalue weighted by atomic mass is 10.0. The molecule has 1 atom stereocenters. The fourth-order valence-electron chi connectivity index (χ4n) is 4.51. The minimum Gasteiger partial charge on any atom is -0.457 e. The highest BCUT2D eigenvalue weighted by molar-refractivity contribution is 7.89. The highest BCUT2D eigenvalue weighted by Gasteiger charge is 2.20. The summed E-state index contributed by atoms with van der Waals surface area (Å²) in [5.74, 6) is 0.173. The predicted octanol–water partition coefficient (Wildman–Crippen LogP) is 3.43. The molecule has 14 heteroatoms. The van der Waals surface area contributed by atoms with Gasteiger partial charge >= 0.3 is 5.97 Å². The first kappa shape index (κ1) is 29.1. The second-order valence-corrected chi connectivity index (χ2v) is 11.5. The Morgan fingerprint density at radius 3 is 2.58 bits per heavy atom. The molecule has 0 radical (unpaired) electrons. The van der Waals surface area contributed by atoms with Gasteiger partial charge in [-0.25, -0.2) is 37.8 Å². The number of primary sulfonamides is 1. The summed E-state index contributed by atoms with van der Waals surface area (Å²) in [7, 11) is -3.82. The van der Waals surface area contributed by atoms with Crippen molar-refractivity contribution < 1.29 is 17.9 Å². The van der Waals surface area contributed by atoms with E-state index >= 15 is 0 Å². The Bertz CT molecular complexity index is 2020. The van der Waals surface area contributed by atoms with Crippen LogP contribution in [-0.4, -0.2) is 39.0 Å². The number of aromatic nitrogens is 5. The number of nitrogen functional groups attached to an aromatic ring is 1. The second-order valence-electron chi connectivity index (χ2n) is 9.92. The second kappa shape index (κ2) is 11.5. The summed E-state index contributed by atoms with van der Waals surface area (Å²) in [6.07, 6.45) is 3.09. The van der Waals surface area contributed by atoms with Crippen LogP contribution in [0.3, 0.4) is 0 Å². The van der Waals surface area contributed by atoms with Crippen LogP contribution in [0, 0.1) is 25.2 Å². The van der Waals surface area contributed by atoms with Gasteiger partial charge in [-0.2, -0.15) is 10.4 Å². The molecule has 43 heavy (non-hydrogen) atoms. The molecule has 0 saturated carbocycles. The molecule has 3 aromatic heterocycles. The Hall–Kier alpha value is -5.39. The normalized spacial score (nSPS) is 12.1. The molecule has 2 aromatic carbocycles. The van der Waals surface area contributed by atoms with Crippen molar-refractivity contribution in [3.63, 3.8) is 0 Å². The monoisotopic (exact) mass is 597 g/mol. The van der Waals surface area contributed by atoms with E-state index in [0.29, 0.717) is 28.2 Å². The van der Waals surface area contributed by atoms with Gasteiger partial charge in [-0.05, 0) is 73.9 Å². The summed E-state index contributed by atoms with van der Waals surface area (Å²) in [6, 6.07) is 14.6. The SMILES string of the molecule is Cc1cc(C(=O)OCc2ccc(S(N)(=O)=O)cc2)cc(-c2nc([C@H](C)Nc3ncnc(N)c3C#N)nn3ccc(C)c23)c1. The molecule has 0 aliphatic rings. The molecule has 218 valence electrons. The summed E-state index contributed by atoms with van der Waals surface area (Å²) in [5.41, 5.74) is 10.7. The zero-order chi connectivity index (χ0) is 30.9. The number of benzene rings is 2. The maximum atomic E-state index is 13.1.